The van der Waals surface area contributed by atoms with E-state index in [-0.39, 0.29) is 12.0 Å². The van der Waals surface area contributed by atoms with Gasteiger partial charge in [-0.15, -0.1) is 0 Å². The Morgan fingerprint density at radius 1 is 1.75 bits per heavy atom. The van der Waals surface area contributed by atoms with Crippen LogP contribution in [0.5, 0.6) is 0 Å². The SMILES string of the molecule is CC1(C)COCC1C(F)C(=O)O. The summed E-state index contributed by atoms with van der Waals surface area (Å²) in [6, 6.07) is 0. The number of ether oxygens (including phenoxy) is 1. The molecule has 0 aromatic heterocycles. The Morgan fingerprint density at radius 3 is 2.67 bits per heavy atom. The van der Waals surface area contributed by atoms with Crippen molar-refractivity contribution in [3.05, 3.63) is 0 Å². The normalized spacial score (nSPS) is 30.1. The number of aliphatic carboxylic acids is 1. The van der Waals surface area contributed by atoms with Crippen LogP contribution < -0.4 is 0 Å². The molecule has 0 amide bonds. The maximum absolute atomic E-state index is 13.0. The molecule has 1 fully saturated rings. The zero-order valence-corrected chi connectivity index (χ0v) is 7.21. The summed E-state index contributed by atoms with van der Waals surface area (Å²) in [7, 11) is 0. The molecule has 3 nitrogen and oxygen atoms in total. The summed E-state index contributed by atoms with van der Waals surface area (Å²) in [4.78, 5) is 10.3. The molecule has 1 rings (SSSR count). The van der Waals surface area contributed by atoms with Crippen LogP contribution >= 0.6 is 0 Å². The lowest BCUT2D eigenvalue weighted by molar-refractivity contribution is -0.146. The third kappa shape index (κ3) is 1.58. The standard InChI is InChI=1S/C8H13FO3/c1-8(2)4-12-3-5(8)6(9)7(10)11/h5-6H,3-4H2,1-2H3,(H,10,11). The third-order valence-corrected chi connectivity index (χ3v) is 2.36. The van der Waals surface area contributed by atoms with Crippen LogP contribution in [0.2, 0.25) is 0 Å². The molecule has 70 valence electrons. The van der Waals surface area contributed by atoms with Gasteiger partial charge in [0.05, 0.1) is 13.2 Å². The van der Waals surface area contributed by atoms with E-state index in [0.29, 0.717) is 6.61 Å². The number of hydrogen-bond donors (Lipinski definition) is 1. The first-order valence-electron chi connectivity index (χ1n) is 3.90. The molecule has 1 heterocycles. The molecule has 0 aromatic rings. The van der Waals surface area contributed by atoms with Gasteiger partial charge in [-0.05, 0) is 5.41 Å². The van der Waals surface area contributed by atoms with Gasteiger partial charge in [0.1, 0.15) is 0 Å². The second-order valence-corrected chi connectivity index (χ2v) is 3.85. The molecule has 1 aliphatic rings. The highest BCUT2D eigenvalue weighted by molar-refractivity contribution is 5.72. The van der Waals surface area contributed by atoms with Crippen LogP contribution in [0, 0.1) is 11.3 Å². The Hall–Kier alpha value is -0.640. The Labute approximate surface area is 70.5 Å². The molecule has 0 spiro atoms. The number of carbonyl (C=O) groups is 1. The van der Waals surface area contributed by atoms with Crippen LogP contribution in [-0.2, 0) is 9.53 Å². The fourth-order valence-electron chi connectivity index (χ4n) is 1.43. The van der Waals surface area contributed by atoms with Gasteiger partial charge in [-0.2, -0.15) is 0 Å². The van der Waals surface area contributed by atoms with Crippen LogP contribution in [-0.4, -0.2) is 30.5 Å². The van der Waals surface area contributed by atoms with E-state index >= 15 is 0 Å². The van der Waals surface area contributed by atoms with Crippen molar-refractivity contribution in [2.75, 3.05) is 13.2 Å². The van der Waals surface area contributed by atoms with Crippen molar-refractivity contribution in [1.29, 1.82) is 0 Å². The van der Waals surface area contributed by atoms with Gasteiger partial charge in [-0.1, -0.05) is 13.8 Å². The number of carboxylic acids is 1. The number of carboxylic acid groups (broad SMARTS) is 1. The molecule has 2 unspecified atom stereocenters. The first-order chi connectivity index (χ1) is 5.45. The Morgan fingerprint density at radius 2 is 2.33 bits per heavy atom. The fraction of sp³-hybridized carbons (Fsp3) is 0.875. The second kappa shape index (κ2) is 3.01. The third-order valence-electron chi connectivity index (χ3n) is 2.36. The molecule has 2 atom stereocenters. The Balaban J connectivity index is 2.68. The van der Waals surface area contributed by atoms with Crippen LogP contribution in [0.25, 0.3) is 0 Å². The molecule has 0 saturated carbocycles. The zero-order valence-electron chi connectivity index (χ0n) is 7.21. The number of alkyl halides is 1. The molecular weight excluding hydrogens is 163 g/mol. The number of hydrogen-bond acceptors (Lipinski definition) is 2. The zero-order chi connectivity index (χ0) is 9.35. The van der Waals surface area contributed by atoms with Gasteiger partial charge in [-0.25, -0.2) is 9.18 Å². The van der Waals surface area contributed by atoms with Gasteiger partial charge >= 0.3 is 5.97 Å². The summed E-state index contributed by atoms with van der Waals surface area (Å²) < 4.78 is 18.1. The van der Waals surface area contributed by atoms with Gasteiger partial charge in [0, 0.05) is 5.92 Å². The number of halogens is 1. The van der Waals surface area contributed by atoms with Crippen molar-refractivity contribution >= 4 is 5.97 Å². The van der Waals surface area contributed by atoms with Gasteiger partial charge in [-0.3, -0.25) is 0 Å². The molecule has 0 aliphatic carbocycles. The van der Waals surface area contributed by atoms with Crippen LogP contribution in [0.15, 0.2) is 0 Å². The smallest absolute Gasteiger partial charge is 0.338 e. The molecule has 1 aliphatic heterocycles. The van der Waals surface area contributed by atoms with Crippen molar-refractivity contribution in [1.82, 2.24) is 0 Å². The van der Waals surface area contributed by atoms with E-state index in [4.69, 9.17) is 9.84 Å². The monoisotopic (exact) mass is 176 g/mol. The fourth-order valence-corrected chi connectivity index (χ4v) is 1.43. The second-order valence-electron chi connectivity index (χ2n) is 3.85. The van der Waals surface area contributed by atoms with Crippen LogP contribution in [0.1, 0.15) is 13.8 Å². The van der Waals surface area contributed by atoms with E-state index in [0.717, 1.165) is 0 Å². The largest absolute Gasteiger partial charge is 0.479 e. The predicted molar refractivity (Wildman–Crippen MR) is 40.6 cm³/mol. The van der Waals surface area contributed by atoms with E-state index < -0.39 is 18.1 Å². The van der Waals surface area contributed by atoms with E-state index in [9.17, 15) is 9.18 Å². The van der Waals surface area contributed by atoms with Gasteiger partial charge in [0.15, 0.2) is 0 Å². The quantitative estimate of drug-likeness (QED) is 0.684. The molecule has 0 aromatic carbocycles. The van der Waals surface area contributed by atoms with E-state index in [1.54, 1.807) is 0 Å². The van der Waals surface area contributed by atoms with Crippen molar-refractivity contribution < 1.29 is 19.0 Å². The van der Waals surface area contributed by atoms with E-state index in [1.807, 2.05) is 13.8 Å². The predicted octanol–water partition coefficient (Wildman–Crippen LogP) is 1.08. The van der Waals surface area contributed by atoms with Crippen molar-refractivity contribution in [3.8, 4) is 0 Å². The van der Waals surface area contributed by atoms with Crippen molar-refractivity contribution in [3.63, 3.8) is 0 Å². The summed E-state index contributed by atoms with van der Waals surface area (Å²) in [5.41, 5.74) is -0.363. The van der Waals surface area contributed by atoms with Crippen molar-refractivity contribution in [2.45, 2.75) is 20.0 Å². The lowest BCUT2D eigenvalue weighted by atomic mass is 9.79. The van der Waals surface area contributed by atoms with Gasteiger partial charge in [0.25, 0.3) is 0 Å². The molecule has 0 radical (unpaired) electrons. The minimum atomic E-state index is -1.80. The molecule has 1 saturated heterocycles. The first kappa shape index (κ1) is 9.45. The highest BCUT2D eigenvalue weighted by atomic mass is 19.1. The minimum Gasteiger partial charge on any atom is -0.479 e. The first-order valence-corrected chi connectivity index (χ1v) is 3.90. The maximum Gasteiger partial charge on any atom is 0.338 e. The molecular formula is C8H13FO3. The Kier molecular flexibility index (Phi) is 2.37. The highest BCUT2D eigenvalue weighted by Gasteiger charge is 2.44. The summed E-state index contributed by atoms with van der Waals surface area (Å²) in [6.45, 7) is 4.28. The van der Waals surface area contributed by atoms with Crippen LogP contribution in [0.3, 0.4) is 0 Å². The molecule has 4 heteroatoms. The van der Waals surface area contributed by atoms with E-state index in [2.05, 4.69) is 0 Å². The highest BCUT2D eigenvalue weighted by Crippen LogP contribution is 2.36. The average Bonchev–Trinajstić information content (AvgIpc) is 2.27. The van der Waals surface area contributed by atoms with E-state index in [1.165, 1.54) is 0 Å². The minimum absolute atomic E-state index is 0.209. The van der Waals surface area contributed by atoms with Crippen molar-refractivity contribution in [2.24, 2.45) is 11.3 Å². The molecule has 12 heavy (non-hydrogen) atoms. The average molecular weight is 176 g/mol. The summed E-state index contributed by atoms with van der Waals surface area (Å²) in [5.74, 6) is -1.91. The Bertz CT molecular complexity index is 191. The molecule has 0 bridgehead atoms. The molecule has 1 N–H and O–H groups in total. The number of rotatable bonds is 2. The van der Waals surface area contributed by atoms with Gasteiger partial charge < -0.3 is 9.84 Å². The van der Waals surface area contributed by atoms with Gasteiger partial charge in [0.2, 0.25) is 6.17 Å². The summed E-state index contributed by atoms with van der Waals surface area (Å²) in [6.07, 6.45) is -1.80. The maximum atomic E-state index is 13.0. The van der Waals surface area contributed by atoms with Crippen LogP contribution in [0.4, 0.5) is 4.39 Å². The topological polar surface area (TPSA) is 46.5 Å². The lowest BCUT2D eigenvalue weighted by Gasteiger charge is -2.24. The summed E-state index contributed by atoms with van der Waals surface area (Å²) in [5, 5.41) is 8.44. The summed E-state index contributed by atoms with van der Waals surface area (Å²) >= 11 is 0. The lowest BCUT2D eigenvalue weighted by Crippen LogP contribution is -2.35.